The number of nitrogens with zero attached hydrogens (tertiary/aromatic N) is 2. The Hall–Kier alpha value is -3.13. The third-order valence-electron chi connectivity index (χ3n) is 4.30. The number of non-ortho nitro benzene ring substituents is 1. The summed E-state index contributed by atoms with van der Waals surface area (Å²) < 4.78 is 10.4. The fourth-order valence-electron chi connectivity index (χ4n) is 2.62. The van der Waals surface area contributed by atoms with Gasteiger partial charge in [-0.2, -0.15) is 0 Å². The lowest BCUT2D eigenvalue weighted by atomic mass is 10.1. The Morgan fingerprint density at radius 2 is 1.96 bits per heavy atom. The van der Waals surface area contributed by atoms with E-state index in [2.05, 4.69) is 5.32 Å². The number of carbonyl (C=O) groups excluding carboxylic acids is 1. The largest absolute Gasteiger partial charge is 0.497 e. The summed E-state index contributed by atoms with van der Waals surface area (Å²) in [5, 5.41) is 13.8. The first-order chi connectivity index (χ1) is 12.8. The minimum absolute atomic E-state index is 0.0262. The molecule has 1 amide bonds. The number of anilines is 1. The van der Waals surface area contributed by atoms with Crippen LogP contribution < -0.4 is 14.8 Å². The summed E-state index contributed by atoms with van der Waals surface area (Å²) in [6.07, 6.45) is 0. The molecule has 0 saturated heterocycles. The van der Waals surface area contributed by atoms with E-state index in [9.17, 15) is 14.9 Å². The van der Waals surface area contributed by atoms with Crippen molar-refractivity contribution in [1.29, 1.82) is 0 Å². The van der Waals surface area contributed by atoms with Crippen LogP contribution in [0.5, 0.6) is 11.5 Å². The lowest BCUT2D eigenvalue weighted by Crippen LogP contribution is -2.32. The Kier molecular flexibility index (Phi) is 6.73. The zero-order chi connectivity index (χ0) is 20.0. The van der Waals surface area contributed by atoms with E-state index >= 15 is 0 Å². The molecule has 0 bridgehead atoms. The van der Waals surface area contributed by atoms with Crippen LogP contribution in [0.15, 0.2) is 42.5 Å². The zero-order valence-corrected chi connectivity index (χ0v) is 15.8. The molecule has 8 nitrogen and oxygen atoms in total. The SMILES string of the molecule is COc1ccc(OC)c(NC(=O)CN(C)[C@H](C)c2cccc([N+](=O)[O-])c2)c1. The van der Waals surface area contributed by atoms with Gasteiger partial charge in [-0.3, -0.25) is 19.8 Å². The lowest BCUT2D eigenvalue weighted by molar-refractivity contribution is -0.384. The van der Waals surface area contributed by atoms with Gasteiger partial charge in [0.05, 0.1) is 31.4 Å². The highest BCUT2D eigenvalue weighted by Crippen LogP contribution is 2.29. The summed E-state index contributed by atoms with van der Waals surface area (Å²) in [6, 6.07) is 11.4. The van der Waals surface area contributed by atoms with Crippen LogP contribution in [0.1, 0.15) is 18.5 Å². The van der Waals surface area contributed by atoms with Crippen molar-refractivity contribution in [3.8, 4) is 11.5 Å². The van der Waals surface area contributed by atoms with E-state index in [1.165, 1.54) is 19.2 Å². The molecule has 0 radical (unpaired) electrons. The van der Waals surface area contributed by atoms with Gasteiger partial charge in [-0.05, 0) is 31.7 Å². The molecule has 0 aliphatic rings. The Balaban J connectivity index is 2.07. The third-order valence-corrected chi connectivity index (χ3v) is 4.30. The molecule has 0 saturated carbocycles. The van der Waals surface area contributed by atoms with E-state index in [0.717, 1.165) is 5.56 Å². The van der Waals surface area contributed by atoms with Crippen LogP contribution in [0, 0.1) is 10.1 Å². The molecule has 0 aliphatic heterocycles. The number of carbonyl (C=O) groups is 1. The van der Waals surface area contributed by atoms with Crippen molar-refractivity contribution < 1.29 is 19.2 Å². The van der Waals surface area contributed by atoms with Crippen molar-refractivity contribution in [2.45, 2.75) is 13.0 Å². The molecular weight excluding hydrogens is 350 g/mol. The number of amides is 1. The van der Waals surface area contributed by atoms with Gasteiger partial charge in [0.1, 0.15) is 11.5 Å². The number of benzene rings is 2. The molecule has 0 spiro atoms. The topological polar surface area (TPSA) is 93.9 Å². The van der Waals surface area contributed by atoms with Gasteiger partial charge in [-0.15, -0.1) is 0 Å². The monoisotopic (exact) mass is 373 g/mol. The Labute approximate surface area is 157 Å². The van der Waals surface area contributed by atoms with Crippen LogP contribution in [0.25, 0.3) is 0 Å². The molecule has 0 heterocycles. The van der Waals surface area contributed by atoms with Crippen molar-refractivity contribution in [2.24, 2.45) is 0 Å². The molecule has 2 aromatic carbocycles. The van der Waals surface area contributed by atoms with E-state index in [-0.39, 0.29) is 24.2 Å². The van der Waals surface area contributed by atoms with Crippen LogP contribution in [0.2, 0.25) is 0 Å². The Morgan fingerprint density at radius 1 is 1.22 bits per heavy atom. The number of hydrogen-bond acceptors (Lipinski definition) is 6. The number of methoxy groups -OCH3 is 2. The van der Waals surface area contributed by atoms with Gasteiger partial charge in [0.2, 0.25) is 5.91 Å². The molecule has 144 valence electrons. The summed E-state index contributed by atoms with van der Waals surface area (Å²) in [6.45, 7) is 1.99. The summed E-state index contributed by atoms with van der Waals surface area (Å²) >= 11 is 0. The van der Waals surface area contributed by atoms with Crippen molar-refractivity contribution in [3.63, 3.8) is 0 Å². The summed E-state index contributed by atoms with van der Waals surface area (Å²) in [5.41, 5.74) is 1.30. The van der Waals surface area contributed by atoms with Crippen molar-refractivity contribution in [3.05, 3.63) is 58.1 Å². The van der Waals surface area contributed by atoms with Crippen LogP contribution in [0.4, 0.5) is 11.4 Å². The Bertz CT molecular complexity index is 825. The smallest absolute Gasteiger partial charge is 0.269 e. The molecular formula is C19H23N3O5. The van der Waals surface area contributed by atoms with Crippen molar-refractivity contribution in [1.82, 2.24) is 4.90 Å². The number of likely N-dealkylation sites (N-methyl/N-ethyl adjacent to an activating group) is 1. The maximum atomic E-state index is 12.4. The van der Waals surface area contributed by atoms with Crippen LogP contribution in [-0.4, -0.2) is 43.5 Å². The van der Waals surface area contributed by atoms with Crippen LogP contribution in [-0.2, 0) is 4.79 Å². The van der Waals surface area contributed by atoms with E-state index in [4.69, 9.17) is 9.47 Å². The quantitative estimate of drug-likeness (QED) is 0.564. The van der Waals surface area contributed by atoms with E-state index in [1.807, 2.05) is 6.92 Å². The second-order valence-electron chi connectivity index (χ2n) is 6.06. The molecule has 0 unspecified atom stereocenters. The third kappa shape index (κ3) is 5.18. The van der Waals surface area contributed by atoms with Gasteiger partial charge >= 0.3 is 0 Å². The number of ether oxygens (including phenoxy) is 2. The maximum Gasteiger partial charge on any atom is 0.269 e. The summed E-state index contributed by atoms with van der Waals surface area (Å²) in [4.78, 5) is 24.8. The number of rotatable bonds is 8. The first-order valence-corrected chi connectivity index (χ1v) is 8.32. The fraction of sp³-hybridized carbons (Fsp3) is 0.316. The van der Waals surface area contributed by atoms with Crippen LogP contribution in [0.3, 0.4) is 0 Å². The first kappa shape index (κ1) is 20.2. The predicted molar refractivity (Wildman–Crippen MR) is 102 cm³/mol. The van der Waals surface area contributed by atoms with Gasteiger partial charge in [0.25, 0.3) is 5.69 Å². The first-order valence-electron chi connectivity index (χ1n) is 8.32. The molecule has 27 heavy (non-hydrogen) atoms. The molecule has 2 aromatic rings. The molecule has 1 atom stereocenters. The fourth-order valence-corrected chi connectivity index (χ4v) is 2.62. The van der Waals surface area contributed by atoms with Gasteiger partial charge in [0, 0.05) is 24.2 Å². The summed E-state index contributed by atoms with van der Waals surface area (Å²) in [7, 11) is 4.85. The predicted octanol–water partition coefficient (Wildman–Crippen LogP) is 3.24. The summed E-state index contributed by atoms with van der Waals surface area (Å²) in [5.74, 6) is 0.893. The van der Waals surface area contributed by atoms with E-state index in [0.29, 0.717) is 17.2 Å². The number of hydrogen-bond donors (Lipinski definition) is 1. The second-order valence-corrected chi connectivity index (χ2v) is 6.06. The van der Waals surface area contributed by atoms with Crippen LogP contribution >= 0.6 is 0 Å². The molecule has 2 rings (SSSR count). The number of nitrogens with one attached hydrogen (secondary N) is 1. The Morgan fingerprint density at radius 3 is 2.59 bits per heavy atom. The van der Waals surface area contributed by atoms with Crippen molar-refractivity contribution >= 4 is 17.3 Å². The number of nitro benzene ring substituents is 1. The van der Waals surface area contributed by atoms with Gasteiger partial charge in [-0.25, -0.2) is 0 Å². The zero-order valence-electron chi connectivity index (χ0n) is 15.8. The average molecular weight is 373 g/mol. The molecule has 0 aliphatic carbocycles. The lowest BCUT2D eigenvalue weighted by Gasteiger charge is -2.24. The molecule has 1 N–H and O–H groups in total. The minimum Gasteiger partial charge on any atom is -0.497 e. The average Bonchev–Trinajstić information content (AvgIpc) is 2.67. The van der Waals surface area contributed by atoms with E-state index in [1.54, 1.807) is 49.4 Å². The minimum atomic E-state index is -0.433. The molecule has 8 heteroatoms. The highest BCUT2D eigenvalue weighted by Gasteiger charge is 2.18. The highest BCUT2D eigenvalue weighted by molar-refractivity contribution is 5.94. The van der Waals surface area contributed by atoms with Gasteiger partial charge in [0.15, 0.2) is 0 Å². The highest BCUT2D eigenvalue weighted by atomic mass is 16.6. The maximum absolute atomic E-state index is 12.4. The molecule has 0 aromatic heterocycles. The number of nitro groups is 1. The van der Waals surface area contributed by atoms with Crippen molar-refractivity contribution in [2.75, 3.05) is 33.1 Å². The molecule has 0 fully saturated rings. The van der Waals surface area contributed by atoms with Gasteiger partial charge in [-0.1, -0.05) is 12.1 Å². The van der Waals surface area contributed by atoms with Gasteiger partial charge < -0.3 is 14.8 Å². The second kappa shape index (κ2) is 9.00. The standard InChI is InChI=1S/C19H23N3O5/c1-13(14-6-5-7-15(10-14)22(24)25)21(2)12-19(23)20-17-11-16(26-3)8-9-18(17)27-4/h5-11,13H,12H2,1-4H3,(H,20,23)/t13-/m1/s1. The van der Waals surface area contributed by atoms with E-state index < -0.39 is 4.92 Å². The normalized spacial score (nSPS) is 11.7.